The second-order valence-corrected chi connectivity index (χ2v) is 3.10. The van der Waals surface area contributed by atoms with Crippen LogP contribution in [-0.2, 0) is 0 Å². The van der Waals surface area contributed by atoms with Gasteiger partial charge in [0.15, 0.2) is 5.78 Å². The highest BCUT2D eigenvalue weighted by Gasteiger charge is 2.05. The zero-order chi connectivity index (χ0) is 9.84. The van der Waals surface area contributed by atoms with Crippen LogP contribution in [0.25, 0.3) is 0 Å². The summed E-state index contributed by atoms with van der Waals surface area (Å²) in [5, 5.41) is 3.25. The van der Waals surface area contributed by atoms with Crippen molar-refractivity contribution < 1.29 is 4.79 Å². The Morgan fingerprint density at radius 2 is 2.31 bits per heavy atom. The van der Waals surface area contributed by atoms with E-state index in [4.69, 9.17) is 17.3 Å². The third kappa shape index (κ3) is 2.44. The molecule has 0 unspecified atom stereocenters. The lowest BCUT2D eigenvalue weighted by Gasteiger charge is -2.02. The molecule has 1 aromatic rings. The Bertz CT molecular complexity index is 325. The van der Waals surface area contributed by atoms with E-state index in [1.807, 2.05) is 0 Å². The molecular formula is C9H11ClN2O. The van der Waals surface area contributed by atoms with E-state index in [2.05, 4.69) is 5.32 Å². The van der Waals surface area contributed by atoms with Crippen LogP contribution in [0, 0.1) is 0 Å². The zero-order valence-corrected chi connectivity index (χ0v) is 8.06. The van der Waals surface area contributed by atoms with Crippen LogP contribution in [0.2, 0.25) is 5.02 Å². The summed E-state index contributed by atoms with van der Waals surface area (Å²) in [6.07, 6.45) is 0. The molecule has 1 rings (SSSR count). The number of halogens is 1. The number of carbonyl (C=O) groups is 1. The summed E-state index contributed by atoms with van der Waals surface area (Å²) >= 11 is 5.71. The summed E-state index contributed by atoms with van der Waals surface area (Å²) in [6, 6.07) is 4.88. The van der Waals surface area contributed by atoms with Crippen molar-refractivity contribution in [2.24, 2.45) is 0 Å². The van der Waals surface area contributed by atoms with Crippen molar-refractivity contribution in [3.8, 4) is 0 Å². The molecule has 0 bridgehead atoms. The fourth-order valence-corrected chi connectivity index (χ4v) is 1.10. The lowest BCUT2D eigenvalue weighted by Crippen LogP contribution is -2.18. The van der Waals surface area contributed by atoms with Crippen LogP contribution in [0.1, 0.15) is 10.4 Å². The van der Waals surface area contributed by atoms with E-state index < -0.39 is 0 Å². The third-order valence-electron chi connectivity index (χ3n) is 1.66. The second kappa shape index (κ2) is 4.25. The number of nitrogens with one attached hydrogen (secondary N) is 1. The maximum absolute atomic E-state index is 11.3. The Morgan fingerprint density at radius 1 is 1.62 bits per heavy atom. The zero-order valence-electron chi connectivity index (χ0n) is 7.30. The third-order valence-corrected chi connectivity index (χ3v) is 2.00. The van der Waals surface area contributed by atoms with Gasteiger partial charge < -0.3 is 11.1 Å². The summed E-state index contributed by atoms with van der Waals surface area (Å²) in [5.74, 6) is 0.00543. The maximum atomic E-state index is 11.3. The number of benzene rings is 1. The molecule has 3 nitrogen and oxygen atoms in total. The molecule has 13 heavy (non-hydrogen) atoms. The van der Waals surface area contributed by atoms with Crippen LogP contribution < -0.4 is 11.1 Å². The average Bonchev–Trinajstić information content (AvgIpc) is 2.10. The largest absolute Gasteiger partial charge is 0.398 e. The van der Waals surface area contributed by atoms with Crippen LogP contribution >= 0.6 is 11.6 Å². The number of rotatable bonds is 3. The number of nitrogens with two attached hydrogens (primary N) is 1. The number of hydrogen-bond donors (Lipinski definition) is 2. The van der Waals surface area contributed by atoms with Gasteiger partial charge in [-0.05, 0) is 25.2 Å². The van der Waals surface area contributed by atoms with E-state index in [0.717, 1.165) is 0 Å². The SMILES string of the molecule is CNCC(=O)c1ccc(Cl)c(N)c1. The smallest absolute Gasteiger partial charge is 0.176 e. The number of carbonyl (C=O) groups excluding carboxylic acids is 1. The molecule has 70 valence electrons. The Balaban J connectivity index is 2.90. The first-order valence-electron chi connectivity index (χ1n) is 3.88. The van der Waals surface area contributed by atoms with Crippen molar-refractivity contribution in [1.29, 1.82) is 0 Å². The number of anilines is 1. The van der Waals surface area contributed by atoms with Crippen molar-refractivity contribution in [3.63, 3.8) is 0 Å². The lowest BCUT2D eigenvalue weighted by molar-refractivity contribution is 0.0993. The van der Waals surface area contributed by atoms with Gasteiger partial charge in [0.05, 0.1) is 17.3 Å². The van der Waals surface area contributed by atoms with Crippen molar-refractivity contribution in [1.82, 2.24) is 5.32 Å². The van der Waals surface area contributed by atoms with Gasteiger partial charge in [0.1, 0.15) is 0 Å². The molecule has 4 heteroatoms. The first-order chi connectivity index (χ1) is 6.15. The molecular weight excluding hydrogens is 188 g/mol. The molecule has 0 aliphatic carbocycles. The van der Waals surface area contributed by atoms with Crippen LogP contribution in [-0.4, -0.2) is 19.4 Å². The van der Waals surface area contributed by atoms with Crippen LogP contribution in [0.3, 0.4) is 0 Å². The molecule has 0 spiro atoms. The van der Waals surface area contributed by atoms with E-state index in [0.29, 0.717) is 22.8 Å². The molecule has 0 aliphatic heterocycles. The second-order valence-electron chi connectivity index (χ2n) is 2.69. The fourth-order valence-electron chi connectivity index (χ4n) is 0.980. The standard InChI is InChI=1S/C9H11ClN2O/c1-12-5-9(13)6-2-3-7(10)8(11)4-6/h2-4,12H,5,11H2,1H3. The van der Waals surface area contributed by atoms with Crippen LogP contribution in [0.4, 0.5) is 5.69 Å². The number of Topliss-reactive ketones (excluding diaryl/α,β-unsaturated/α-hetero) is 1. The molecule has 0 atom stereocenters. The van der Waals surface area contributed by atoms with Gasteiger partial charge in [-0.1, -0.05) is 11.6 Å². The number of likely N-dealkylation sites (N-methyl/N-ethyl adjacent to an activating group) is 1. The summed E-state index contributed by atoms with van der Waals surface area (Å²) in [7, 11) is 1.72. The van der Waals surface area contributed by atoms with E-state index in [1.165, 1.54) is 0 Å². The minimum atomic E-state index is 0.00543. The summed E-state index contributed by atoms with van der Waals surface area (Å²) in [6.45, 7) is 0.307. The number of ketones is 1. The van der Waals surface area contributed by atoms with Gasteiger partial charge >= 0.3 is 0 Å². The Kier molecular flexibility index (Phi) is 3.28. The molecule has 1 aromatic carbocycles. The summed E-state index contributed by atoms with van der Waals surface area (Å²) < 4.78 is 0. The van der Waals surface area contributed by atoms with Gasteiger partial charge in [0, 0.05) is 5.56 Å². The van der Waals surface area contributed by atoms with E-state index in [1.54, 1.807) is 25.2 Å². The lowest BCUT2D eigenvalue weighted by atomic mass is 10.1. The monoisotopic (exact) mass is 198 g/mol. The van der Waals surface area contributed by atoms with Crippen LogP contribution in [0.5, 0.6) is 0 Å². The first-order valence-corrected chi connectivity index (χ1v) is 4.25. The highest BCUT2D eigenvalue weighted by molar-refractivity contribution is 6.33. The average molecular weight is 199 g/mol. The van der Waals surface area contributed by atoms with Gasteiger partial charge in [0.25, 0.3) is 0 Å². The highest BCUT2D eigenvalue weighted by atomic mass is 35.5. The van der Waals surface area contributed by atoms with Gasteiger partial charge in [0.2, 0.25) is 0 Å². The first kappa shape index (κ1) is 10.0. The Hall–Kier alpha value is -1.06. The molecule has 0 aromatic heterocycles. The van der Waals surface area contributed by atoms with Gasteiger partial charge in [-0.25, -0.2) is 0 Å². The Labute approximate surface area is 81.9 Å². The van der Waals surface area contributed by atoms with Gasteiger partial charge in [-0.15, -0.1) is 0 Å². The van der Waals surface area contributed by atoms with E-state index >= 15 is 0 Å². The highest BCUT2D eigenvalue weighted by Crippen LogP contribution is 2.19. The molecule has 0 radical (unpaired) electrons. The van der Waals surface area contributed by atoms with Crippen LogP contribution in [0.15, 0.2) is 18.2 Å². The van der Waals surface area contributed by atoms with Gasteiger partial charge in [-0.3, -0.25) is 4.79 Å². The summed E-state index contributed by atoms with van der Waals surface area (Å²) in [5.41, 5.74) is 6.56. The molecule has 0 aliphatic rings. The van der Waals surface area contributed by atoms with E-state index in [9.17, 15) is 4.79 Å². The predicted molar refractivity (Wildman–Crippen MR) is 54.1 cm³/mol. The molecule has 0 fully saturated rings. The summed E-state index contributed by atoms with van der Waals surface area (Å²) in [4.78, 5) is 11.3. The maximum Gasteiger partial charge on any atom is 0.176 e. The molecule has 0 heterocycles. The topological polar surface area (TPSA) is 55.1 Å². The Morgan fingerprint density at radius 3 is 2.85 bits per heavy atom. The normalized spacial score (nSPS) is 10.0. The molecule has 3 N–H and O–H groups in total. The molecule has 0 amide bonds. The predicted octanol–water partition coefficient (Wildman–Crippen LogP) is 1.32. The number of nitrogen functional groups attached to an aromatic ring is 1. The van der Waals surface area contributed by atoms with E-state index in [-0.39, 0.29) is 5.78 Å². The minimum Gasteiger partial charge on any atom is -0.398 e. The molecule has 0 saturated carbocycles. The van der Waals surface area contributed by atoms with Crippen molar-refractivity contribution in [2.45, 2.75) is 0 Å². The van der Waals surface area contributed by atoms with Crippen molar-refractivity contribution in [3.05, 3.63) is 28.8 Å². The fraction of sp³-hybridized carbons (Fsp3) is 0.222. The minimum absolute atomic E-state index is 0.00543. The number of hydrogen-bond acceptors (Lipinski definition) is 3. The van der Waals surface area contributed by atoms with Crippen molar-refractivity contribution >= 4 is 23.1 Å². The van der Waals surface area contributed by atoms with Gasteiger partial charge in [-0.2, -0.15) is 0 Å². The quantitative estimate of drug-likeness (QED) is 0.569. The van der Waals surface area contributed by atoms with Crippen molar-refractivity contribution in [2.75, 3.05) is 19.3 Å². The molecule has 0 saturated heterocycles.